The Bertz CT molecular complexity index is 462. The molecule has 1 aromatic carbocycles. The molecule has 1 N–H and O–H groups in total. The minimum atomic E-state index is -4.26. The van der Waals surface area contributed by atoms with Crippen LogP contribution in [-0.4, -0.2) is 6.04 Å². The van der Waals surface area contributed by atoms with E-state index >= 15 is 0 Å². The fourth-order valence-corrected chi connectivity index (χ4v) is 3.25. The molecule has 118 valence electrons. The largest absolute Gasteiger partial charge is 0.416 e. The highest BCUT2D eigenvalue weighted by atomic mass is 19.4. The molecule has 0 aromatic heterocycles. The lowest BCUT2D eigenvalue weighted by molar-refractivity contribution is -0.137. The Morgan fingerprint density at radius 1 is 1.19 bits per heavy atom. The molecule has 0 saturated heterocycles. The quantitative estimate of drug-likeness (QED) is 0.796. The number of hydrogen-bond acceptors (Lipinski definition) is 1. The molecule has 1 fully saturated rings. The van der Waals surface area contributed by atoms with Gasteiger partial charge in [-0.3, -0.25) is 0 Å². The Morgan fingerprint density at radius 3 is 2.33 bits per heavy atom. The number of hydrogen-bond donors (Lipinski definition) is 1. The molecule has 0 amide bonds. The van der Waals surface area contributed by atoms with E-state index in [0.29, 0.717) is 11.5 Å². The van der Waals surface area contributed by atoms with Gasteiger partial charge in [-0.25, -0.2) is 0 Å². The fraction of sp³-hybridized carbons (Fsp3) is 0.647. The number of alkyl halides is 3. The molecule has 0 radical (unpaired) electrons. The fourth-order valence-electron chi connectivity index (χ4n) is 3.25. The Morgan fingerprint density at radius 2 is 1.81 bits per heavy atom. The van der Waals surface area contributed by atoms with Gasteiger partial charge in [0, 0.05) is 12.1 Å². The van der Waals surface area contributed by atoms with Crippen molar-refractivity contribution in [3.8, 4) is 0 Å². The van der Waals surface area contributed by atoms with Crippen LogP contribution >= 0.6 is 0 Å². The SMILES string of the molecule is CC(NC1CCCC(C)(C)C1)c1ccc(C(F)(F)F)cc1. The van der Waals surface area contributed by atoms with Crippen LogP contribution in [0.5, 0.6) is 0 Å². The van der Waals surface area contributed by atoms with Gasteiger partial charge in [0.2, 0.25) is 0 Å². The zero-order valence-electron chi connectivity index (χ0n) is 12.9. The van der Waals surface area contributed by atoms with E-state index in [9.17, 15) is 13.2 Å². The Hall–Kier alpha value is -1.03. The van der Waals surface area contributed by atoms with Gasteiger partial charge in [0.05, 0.1) is 5.56 Å². The molecular weight excluding hydrogens is 275 g/mol. The Kier molecular flexibility index (Phi) is 4.66. The molecule has 0 bridgehead atoms. The van der Waals surface area contributed by atoms with E-state index in [0.717, 1.165) is 18.4 Å². The van der Waals surface area contributed by atoms with Crippen LogP contribution in [0.25, 0.3) is 0 Å². The first-order valence-corrected chi connectivity index (χ1v) is 7.61. The van der Waals surface area contributed by atoms with Crippen LogP contribution in [0.2, 0.25) is 0 Å². The maximum Gasteiger partial charge on any atom is 0.416 e. The Labute approximate surface area is 124 Å². The lowest BCUT2D eigenvalue weighted by Crippen LogP contribution is -2.38. The minimum Gasteiger partial charge on any atom is -0.307 e. The maximum atomic E-state index is 12.6. The van der Waals surface area contributed by atoms with E-state index in [1.165, 1.54) is 25.0 Å². The molecule has 0 spiro atoms. The summed E-state index contributed by atoms with van der Waals surface area (Å²) in [7, 11) is 0. The van der Waals surface area contributed by atoms with Gasteiger partial charge in [0.1, 0.15) is 0 Å². The summed E-state index contributed by atoms with van der Waals surface area (Å²) in [4.78, 5) is 0. The van der Waals surface area contributed by atoms with Crippen LogP contribution in [0.1, 0.15) is 63.6 Å². The van der Waals surface area contributed by atoms with Gasteiger partial charge in [-0.05, 0) is 49.3 Å². The monoisotopic (exact) mass is 299 g/mol. The van der Waals surface area contributed by atoms with E-state index in [4.69, 9.17) is 0 Å². The lowest BCUT2D eigenvalue weighted by Gasteiger charge is -2.37. The van der Waals surface area contributed by atoms with Crippen LogP contribution in [0.15, 0.2) is 24.3 Å². The Balaban J connectivity index is 1.98. The first-order valence-electron chi connectivity index (χ1n) is 7.61. The zero-order valence-corrected chi connectivity index (χ0v) is 12.9. The van der Waals surface area contributed by atoms with Crippen molar-refractivity contribution in [2.75, 3.05) is 0 Å². The summed E-state index contributed by atoms with van der Waals surface area (Å²) in [6.07, 6.45) is 0.471. The predicted octanol–water partition coefficient (Wildman–Crippen LogP) is 5.32. The van der Waals surface area contributed by atoms with Crippen molar-refractivity contribution in [3.05, 3.63) is 35.4 Å². The second-order valence-electron chi connectivity index (χ2n) is 6.97. The summed E-state index contributed by atoms with van der Waals surface area (Å²) in [6.45, 7) is 6.58. The van der Waals surface area contributed by atoms with E-state index < -0.39 is 11.7 Å². The molecule has 1 aromatic rings. The molecule has 21 heavy (non-hydrogen) atoms. The van der Waals surface area contributed by atoms with E-state index in [2.05, 4.69) is 19.2 Å². The number of halogens is 3. The van der Waals surface area contributed by atoms with Crippen molar-refractivity contribution >= 4 is 0 Å². The van der Waals surface area contributed by atoms with Crippen LogP contribution in [0.4, 0.5) is 13.2 Å². The van der Waals surface area contributed by atoms with E-state index in [1.54, 1.807) is 12.1 Å². The highest BCUT2D eigenvalue weighted by Gasteiger charge is 2.31. The third-order valence-corrected chi connectivity index (χ3v) is 4.43. The standard InChI is InChI=1S/C17H24F3N/c1-12(21-15-5-4-10-16(2,3)11-15)13-6-8-14(9-7-13)17(18,19)20/h6-9,12,15,21H,4-5,10-11H2,1-3H3. The number of nitrogens with one attached hydrogen (secondary N) is 1. The first kappa shape index (κ1) is 16.3. The maximum absolute atomic E-state index is 12.6. The molecular formula is C17H24F3N. The van der Waals surface area contributed by atoms with Gasteiger partial charge in [0.25, 0.3) is 0 Å². The lowest BCUT2D eigenvalue weighted by atomic mass is 9.75. The summed E-state index contributed by atoms with van der Waals surface area (Å²) < 4.78 is 37.7. The molecule has 2 atom stereocenters. The first-order chi connectivity index (χ1) is 9.67. The van der Waals surface area contributed by atoms with Gasteiger partial charge >= 0.3 is 6.18 Å². The summed E-state index contributed by atoms with van der Waals surface area (Å²) >= 11 is 0. The molecule has 4 heteroatoms. The molecule has 1 aliphatic carbocycles. The molecule has 0 heterocycles. The average Bonchev–Trinajstić information content (AvgIpc) is 2.36. The summed E-state index contributed by atoms with van der Waals surface area (Å²) in [6, 6.07) is 6.01. The predicted molar refractivity (Wildman–Crippen MR) is 79.0 cm³/mol. The second-order valence-corrected chi connectivity index (χ2v) is 6.97. The van der Waals surface area contributed by atoms with Crippen molar-refractivity contribution in [3.63, 3.8) is 0 Å². The third-order valence-electron chi connectivity index (χ3n) is 4.43. The average molecular weight is 299 g/mol. The minimum absolute atomic E-state index is 0.0752. The van der Waals surface area contributed by atoms with Crippen molar-refractivity contribution in [2.24, 2.45) is 5.41 Å². The molecule has 1 saturated carbocycles. The van der Waals surface area contributed by atoms with Gasteiger partial charge in [-0.2, -0.15) is 13.2 Å². The van der Waals surface area contributed by atoms with Gasteiger partial charge in [-0.1, -0.05) is 32.4 Å². The van der Waals surface area contributed by atoms with E-state index in [1.807, 2.05) is 6.92 Å². The van der Waals surface area contributed by atoms with Crippen molar-refractivity contribution < 1.29 is 13.2 Å². The van der Waals surface area contributed by atoms with Crippen LogP contribution in [-0.2, 0) is 6.18 Å². The summed E-state index contributed by atoms with van der Waals surface area (Å²) in [5.41, 5.74) is 0.680. The van der Waals surface area contributed by atoms with Crippen LogP contribution in [0, 0.1) is 5.41 Å². The topological polar surface area (TPSA) is 12.0 Å². The van der Waals surface area contributed by atoms with Crippen molar-refractivity contribution in [1.29, 1.82) is 0 Å². The summed E-state index contributed by atoms with van der Waals surface area (Å²) in [5, 5.41) is 3.57. The van der Waals surface area contributed by atoms with E-state index in [-0.39, 0.29) is 6.04 Å². The summed E-state index contributed by atoms with van der Waals surface area (Å²) in [5.74, 6) is 0. The highest BCUT2D eigenvalue weighted by molar-refractivity contribution is 5.26. The zero-order chi connectivity index (χ0) is 15.7. The third kappa shape index (κ3) is 4.47. The smallest absolute Gasteiger partial charge is 0.307 e. The van der Waals surface area contributed by atoms with Gasteiger partial charge in [0.15, 0.2) is 0 Å². The molecule has 2 unspecified atom stereocenters. The molecule has 1 nitrogen and oxygen atoms in total. The van der Waals surface area contributed by atoms with Crippen LogP contribution < -0.4 is 5.32 Å². The molecule has 2 rings (SSSR count). The van der Waals surface area contributed by atoms with Crippen molar-refractivity contribution in [1.82, 2.24) is 5.32 Å². The highest BCUT2D eigenvalue weighted by Crippen LogP contribution is 2.36. The molecule has 0 aliphatic heterocycles. The number of benzene rings is 1. The van der Waals surface area contributed by atoms with Gasteiger partial charge in [-0.15, -0.1) is 0 Å². The van der Waals surface area contributed by atoms with Crippen LogP contribution in [0.3, 0.4) is 0 Å². The molecule has 1 aliphatic rings. The number of rotatable bonds is 3. The second kappa shape index (κ2) is 5.99. The normalized spacial score (nSPS) is 23.8. The van der Waals surface area contributed by atoms with Crippen molar-refractivity contribution in [2.45, 2.75) is 64.7 Å². The van der Waals surface area contributed by atoms with Gasteiger partial charge < -0.3 is 5.32 Å².